The lowest BCUT2D eigenvalue weighted by Crippen LogP contribution is -2.27. The van der Waals surface area contributed by atoms with E-state index in [9.17, 15) is 0 Å². The SMILES string of the molecule is C.CCCCN(CCCC)c1ccc(CNCCNCc2ccc(N(CCCC)CCCOC)cc2)cc1. The van der Waals surface area contributed by atoms with Gasteiger partial charge in [-0.1, -0.05) is 71.7 Å². The van der Waals surface area contributed by atoms with Gasteiger partial charge in [0.2, 0.25) is 0 Å². The molecule has 5 heteroatoms. The molecule has 0 bridgehead atoms. The first kappa shape index (κ1) is 33.9. The minimum atomic E-state index is 0. The maximum atomic E-state index is 5.24. The molecule has 0 aliphatic heterocycles. The molecule has 2 aromatic carbocycles. The highest BCUT2D eigenvalue weighted by molar-refractivity contribution is 5.48. The number of rotatable bonds is 22. The number of methoxy groups -OCH3 is 1. The van der Waals surface area contributed by atoms with Crippen LogP contribution < -0.4 is 20.4 Å². The van der Waals surface area contributed by atoms with Crippen LogP contribution in [0.1, 0.15) is 84.3 Å². The van der Waals surface area contributed by atoms with E-state index in [1.165, 1.54) is 61.0 Å². The minimum absolute atomic E-state index is 0. The maximum absolute atomic E-state index is 5.24. The summed E-state index contributed by atoms with van der Waals surface area (Å²) in [6, 6.07) is 18.2. The van der Waals surface area contributed by atoms with Gasteiger partial charge in [-0.3, -0.25) is 0 Å². The molecule has 0 heterocycles. The van der Waals surface area contributed by atoms with Crippen LogP contribution in [0, 0.1) is 0 Å². The quantitative estimate of drug-likeness (QED) is 0.158. The molecule has 2 aromatic rings. The Morgan fingerprint density at radius 2 is 0.947 bits per heavy atom. The van der Waals surface area contributed by atoms with Crippen LogP contribution in [-0.2, 0) is 17.8 Å². The van der Waals surface area contributed by atoms with Gasteiger partial charge in [-0.25, -0.2) is 0 Å². The molecule has 0 unspecified atom stereocenters. The second-order valence-corrected chi connectivity index (χ2v) is 10.1. The molecule has 0 atom stereocenters. The van der Waals surface area contributed by atoms with E-state index < -0.39 is 0 Å². The van der Waals surface area contributed by atoms with Gasteiger partial charge in [0, 0.05) is 77.4 Å². The van der Waals surface area contributed by atoms with Crippen molar-refractivity contribution in [2.24, 2.45) is 0 Å². The summed E-state index contributed by atoms with van der Waals surface area (Å²) in [4.78, 5) is 5.04. The third kappa shape index (κ3) is 13.6. The van der Waals surface area contributed by atoms with E-state index in [0.29, 0.717) is 0 Å². The first-order valence-corrected chi connectivity index (χ1v) is 14.8. The Morgan fingerprint density at radius 3 is 1.29 bits per heavy atom. The van der Waals surface area contributed by atoms with Crippen LogP contribution in [0.2, 0.25) is 0 Å². The molecule has 216 valence electrons. The predicted molar refractivity (Wildman–Crippen MR) is 169 cm³/mol. The third-order valence-corrected chi connectivity index (χ3v) is 6.86. The van der Waals surface area contributed by atoms with Gasteiger partial charge in [0.1, 0.15) is 0 Å². The summed E-state index contributed by atoms with van der Waals surface area (Å²) in [6.45, 7) is 15.8. The number of anilines is 2. The number of nitrogens with one attached hydrogen (secondary N) is 2. The molecule has 2 N–H and O–H groups in total. The molecule has 0 fully saturated rings. The lowest BCUT2D eigenvalue weighted by atomic mass is 10.1. The summed E-state index contributed by atoms with van der Waals surface area (Å²) in [6.07, 6.45) is 8.53. The van der Waals surface area contributed by atoms with Crippen molar-refractivity contribution < 1.29 is 4.74 Å². The molecule has 5 nitrogen and oxygen atoms in total. The Labute approximate surface area is 235 Å². The lowest BCUT2D eigenvalue weighted by molar-refractivity contribution is 0.196. The van der Waals surface area contributed by atoms with Crippen molar-refractivity contribution in [3.63, 3.8) is 0 Å². The third-order valence-electron chi connectivity index (χ3n) is 6.86. The molecular formula is C33H58N4O. The minimum Gasteiger partial charge on any atom is -0.385 e. The Hall–Kier alpha value is -2.08. The predicted octanol–water partition coefficient (Wildman–Crippen LogP) is 7.25. The normalized spacial score (nSPS) is 10.8. The Kier molecular flexibility index (Phi) is 19.5. The molecular weight excluding hydrogens is 468 g/mol. The topological polar surface area (TPSA) is 39.8 Å². The zero-order valence-corrected chi connectivity index (χ0v) is 24.2. The number of hydrogen-bond acceptors (Lipinski definition) is 5. The molecule has 0 amide bonds. The zero-order valence-electron chi connectivity index (χ0n) is 24.2. The van der Waals surface area contributed by atoms with Crippen LogP contribution in [0.5, 0.6) is 0 Å². The fourth-order valence-electron chi connectivity index (χ4n) is 4.48. The summed E-state index contributed by atoms with van der Waals surface area (Å²) in [5.74, 6) is 0. The van der Waals surface area contributed by atoms with E-state index in [-0.39, 0.29) is 7.43 Å². The highest BCUT2D eigenvalue weighted by atomic mass is 16.5. The Balaban J connectivity index is 0.00000722. The summed E-state index contributed by atoms with van der Waals surface area (Å²) in [5.41, 5.74) is 5.37. The number of ether oxygens (including phenoxy) is 1. The fraction of sp³-hybridized carbons (Fsp3) is 0.636. The molecule has 0 aromatic heterocycles. The van der Waals surface area contributed by atoms with Gasteiger partial charge in [-0.05, 0) is 61.1 Å². The van der Waals surface area contributed by atoms with Crippen molar-refractivity contribution >= 4 is 11.4 Å². The van der Waals surface area contributed by atoms with Gasteiger partial charge in [-0.2, -0.15) is 0 Å². The molecule has 0 spiro atoms. The van der Waals surface area contributed by atoms with Gasteiger partial charge >= 0.3 is 0 Å². The number of hydrogen-bond donors (Lipinski definition) is 2. The van der Waals surface area contributed by atoms with Crippen LogP contribution in [0.25, 0.3) is 0 Å². The first-order valence-electron chi connectivity index (χ1n) is 14.8. The van der Waals surface area contributed by atoms with E-state index in [2.05, 4.69) is 89.7 Å². The largest absolute Gasteiger partial charge is 0.385 e. The maximum Gasteiger partial charge on any atom is 0.0479 e. The molecule has 0 saturated carbocycles. The van der Waals surface area contributed by atoms with Crippen LogP contribution in [-0.4, -0.2) is 53.0 Å². The van der Waals surface area contributed by atoms with E-state index in [0.717, 1.165) is 65.4 Å². The van der Waals surface area contributed by atoms with E-state index >= 15 is 0 Å². The van der Waals surface area contributed by atoms with Crippen molar-refractivity contribution in [1.29, 1.82) is 0 Å². The van der Waals surface area contributed by atoms with Crippen molar-refractivity contribution in [2.75, 3.05) is 62.8 Å². The van der Waals surface area contributed by atoms with Gasteiger partial charge in [-0.15, -0.1) is 0 Å². The van der Waals surface area contributed by atoms with Crippen LogP contribution in [0.3, 0.4) is 0 Å². The average molecular weight is 527 g/mol. The highest BCUT2D eigenvalue weighted by Crippen LogP contribution is 2.18. The Morgan fingerprint density at radius 1 is 0.579 bits per heavy atom. The van der Waals surface area contributed by atoms with E-state index in [4.69, 9.17) is 4.74 Å². The van der Waals surface area contributed by atoms with Gasteiger partial charge in [0.05, 0.1) is 0 Å². The zero-order chi connectivity index (χ0) is 26.6. The smallest absolute Gasteiger partial charge is 0.0479 e. The van der Waals surface area contributed by atoms with Crippen molar-refractivity contribution in [3.8, 4) is 0 Å². The van der Waals surface area contributed by atoms with Crippen molar-refractivity contribution in [2.45, 2.75) is 86.2 Å². The highest BCUT2D eigenvalue weighted by Gasteiger charge is 2.07. The van der Waals surface area contributed by atoms with Crippen LogP contribution >= 0.6 is 0 Å². The fourth-order valence-corrected chi connectivity index (χ4v) is 4.48. The summed E-state index contributed by atoms with van der Waals surface area (Å²) in [7, 11) is 1.78. The second-order valence-electron chi connectivity index (χ2n) is 10.1. The standard InChI is InChI=1S/C32H54N4O.CH4/c1-5-8-22-35(23-9-6-2)31-16-12-29(13-17-31)27-33-20-21-34-28-30-14-18-32(19-15-30)36(24-10-7-3)25-11-26-37-4;/h12-19,33-34H,5-11,20-28H2,1-4H3;1H4. The molecule has 38 heavy (non-hydrogen) atoms. The molecule has 0 saturated heterocycles. The average Bonchev–Trinajstić information content (AvgIpc) is 2.93. The summed E-state index contributed by atoms with van der Waals surface area (Å²) < 4.78 is 5.24. The van der Waals surface area contributed by atoms with Gasteiger partial charge in [0.15, 0.2) is 0 Å². The van der Waals surface area contributed by atoms with Crippen LogP contribution in [0.4, 0.5) is 11.4 Å². The number of benzene rings is 2. The monoisotopic (exact) mass is 526 g/mol. The van der Waals surface area contributed by atoms with Crippen LogP contribution in [0.15, 0.2) is 48.5 Å². The Bertz CT molecular complexity index is 786. The number of unbranched alkanes of at least 4 members (excludes halogenated alkanes) is 3. The number of nitrogens with zero attached hydrogens (tertiary/aromatic N) is 2. The first-order chi connectivity index (χ1) is 18.2. The molecule has 0 aliphatic carbocycles. The summed E-state index contributed by atoms with van der Waals surface area (Å²) in [5, 5.41) is 7.16. The lowest BCUT2D eigenvalue weighted by Gasteiger charge is -2.25. The summed E-state index contributed by atoms with van der Waals surface area (Å²) >= 11 is 0. The second kappa shape index (κ2) is 21.8. The van der Waals surface area contributed by atoms with Crippen molar-refractivity contribution in [1.82, 2.24) is 10.6 Å². The van der Waals surface area contributed by atoms with E-state index in [1.807, 2.05) is 0 Å². The van der Waals surface area contributed by atoms with Gasteiger partial charge in [0.25, 0.3) is 0 Å². The molecule has 2 rings (SSSR count). The molecule has 0 radical (unpaired) electrons. The van der Waals surface area contributed by atoms with Crippen molar-refractivity contribution in [3.05, 3.63) is 59.7 Å². The molecule has 0 aliphatic rings. The van der Waals surface area contributed by atoms with E-state index in [1.54, 1.807) is 7.11 Å². The van der Waals surface area contributed by atoms with Gasteiger partial charge < -0.3 is 25.2 Å².